The second kappa shape index (κ2) is 25.9. The zero-order valence-corrected chi connectivity index (χ0v) is 34.7. The average molecular weight is 709 g/mol. The van der Waals surface area contributed by atoms with E-state index in [0.29, 0.717) is 12.6 Å². The third-order valence-corrected chi connectivity index (χ3v) is 8.69. The van der Waals surface area contributed by atoms with E-state index in [-0.39, 0.29) is 11.5 Å². The van der Waals surface area contributed by atoms with Crippen LogP contribution in [0.1, 0.15) is 89.7 Å². The van der Waals surface area contributed by atoms with E-state index in [0.717, 1.165) is 19.4 Å². The Labute approximate surface area is 319 Å². The van der Waals surface area contributed by atoms with E-state index in [1.807, 2.05) is 39.1 Å². The molecule has 1 aromatic heterocycles. The van der Waals surface area contributed by atoms with Gasteiger partial charge in [-0.25, -0.2) is 5.01 Å². The summed E-state index contributed by atoms with van der Waals surface area (Å²) in [7, 11) is 5.87. The lowest BCUT2D eigenvalue weighted by Crippen LogP contribution is -2.39. The molecular formula is C47H72N4O. The van der Waals surface area contributed by atoms with Crippen molar-refractivity contribution in [1.29, 1.82) is 0 Å². The number of rotatable bonds is 13. The Kier molecular flexibility index (Phi) is 24.0. The van der Waals surface area contributed by atoms with Crippen LogP contribution in [-0.4, -0.2) is 56.5 Å². The second-order valence-corrected chi connectivity index (χ2v) is 13.7. The fraction of sp³-hybridized carbons (Fsp3) is 0.447. The number of fused-ring (bicyclic) bond motifs is 1. The minimum atomic E-state index is -0.0139. The van der Waals surface area contributed by atoms with Crippen LogP contribution in [0.15, 0.2) is 93.1 Å². The predicted octanol–water partition coefficient (Wildman–Crippen LogP) is 11.2. The van der Waals surface area contributed by atoms with Crippen molar-refractivity contribution in [3.63, 3.8) is 0 Å². The molecule has 2 heterocycles. The Hall–Kier alpha value is -3.92. The third-order valence-electron chi connectivity index (χ3n) is 8.69. The van der Waals surface area contributed by atoms with Crippen LogP contribution in [0.2, 0.25) is 0 Å². The number of aryl methyl sites for hydroxylation is 1. The number of likely N-dealkylation sites (N-methyl/N-ethyl adjacent to an activating group) is 1. The van der Waals surface area contributed by atoms with Crippen molar-refractivity contribution in [1.82, 2.24) is 20.3 Å². The van der Waals surface area contributed by atoms with Crippen LogP contribution in [0.5, 0.6) is 0 Å². The zero-order valence-electron chi connectivity index (χ0n) is 34.7. The fourth-order valence-corrected chi connectivity index (χ4v) is 6.52. The lowest BCUT2D eigenvalue weighted by molar-refractivity contribution is 0.105. The Morgan fingerprint density at radius 2 is 1.73 bits per heavy atom. The number of nitrogens with one attached hydrogen (secondary N) is 2. The van der Waals surface area contributed by atoms with Crippen molar-refractivity contribution in [2.24, 2.45) is 5.41 Å². The maximum Gasteiger partial charge on any atom is 0.0523 e. The number of aromatic nitrogens is 1. The molecule has 2 N–H and O–H groups in total. The van der Waals surface area contributed by atoms with Crippen molar-refractivity contribution < 1.29 is 4.74 Å². The number of hydrogen-bond donors (Lipinski definition) is 2. The van der Waals surface area contributed by atoms with Gasteiger partial charge in [-0.15, -0.1) is 32.6 Å². The first kappa shape index (κ1) is 48.1. The van der Waals surface area contributed by atoms with E-state index >= 15 is 0 Å². The molecule has 52 heavy (non-hydrogen) atoms. The maximum absolute atomic E-state index is 5.65. The molecule has 0 bridgehead atoms. The smallest absolute Gasteiger partial charge is 0.0523 e. The molecule has 0 spiro atoms. The van der Waals surface area contributed by atoms with Gasteiger partial charge in [0, 0.05) is 50.2 Å². The van der Waals surface area contributed by atoms with Crippen molar-refractivity contribution in [3.8, 4) is 24.0 Å². The normalized spacial score (nSPS) is 13.8. The summed E-state index contributed by atoms with van der Waals surface area (Å²) >= 11 is 0. The Balaban J connectivity index is 0.00000172. The largest absolute Gasteiger partial charge is 0.384 e. The van der Waals surface area contributed by atoms with E-state index in [4.69, 9.17) is 4.74 Å². The number of hydrogen-bond acceptors (Lipinski definition) is 4. The summed E-state index contributed by atoms with van der Waals surface area (Å²) in [6, 6.07) is 14.5. The summed E-state index contributed by atoms with van der Waals surface area (Å²) in [5.74, 6) is 0. The molecule has 1 aliphatic heterocycles. The van der Waals surface area contributed by atoms with Crippen LogP contribution in [-0.2, 0) is 17.6 Å². The highest BCUT2D eigenvalue weighted by atomic mass is 16.5. The molecule has 4 rings (SSSR count). The van der Waals surface area contributed by atoms with Crippen molar-refractivity contribution in [2.75, 3.05) is 40.9 Å². The van der Waals surface area contributed by atoms with Gasteiger partial charge in [-0.2, -0.15) is 0 Å². The monoisotopic (exact) mass is 709 g/mol. The molecule has 5 nitrogen and oxygen atoms in total. The maximum atomic E-state index is 5.65. The Bertz CT molecular complexity index is 1560. The number of hydrazine groups is 1. The topological polar surface area (TPSA) is 41.5 Å². The number of terminal acetylenes is 1. The predicted molar refractivity (Wildman–Crippen MR) is 234 cm³/mol. The van der Waals surface area contributed by atoms with Crippen molar-refractivity contribution in [3.05, 3.63) is 115 Å². The number of ether oxygens (including phenoxy) is 1. The van der Waals surface area contributed by atoms with Crippen LogP contribution in [0.25, 0.3) is 27.6 Å². The van der Waals surface area contributed by atoms with Crippen LogP contribution in [0.3, 0.4) is 0 Å². The summed E-state index contributed by atoms with van der Waals surface area (Å²) in [6.07, 6.45) is 22.8. The van der Waals surface area contributed by atoms with Gasteiger partial charge in [-0.05, 0) is 106 Å². The van der Waals surface area contributed by atoms with Gasteiger partial charge in [0.05, 0.1) is 12.3 Å². The van der Waals surface area contributed by atoms with Gasteiger partial charge in [0.2, 0.25) is 0 Å². The third kappa shape index (κ3) is 14.6. The number of benzene rings is 2. The van der Waals surface area contributed by atoms with Crippen molar-refractivity contribution in [2.45, 2.75) is 93.2 Å². The highest BCUT2D eigenvalue weighted by Gasteiger charge is 2.27. The van der Waals surface area contributed by atoms with Gasteiger partial charge in [0.15, 0.2) is 0 Å². The molecule has 0 aliphatic carbocycles. The molecule has 2 aromatic carbocycles. The summed E-state index contributed by atoms with van der Waals surface area (Å²) in [5.41, 5.74) is 13.4. The van der Waals surface area contributed by atoms with E-state index < -0.39 is 0 Å². The van der Waals surface area contributed by atoms with E-state index in [1.165, 1.54) is 69.4 Å². The lowest BCUT2D eigenvalue weighted by Gasteiger charge is -2.25. The summed E-state index contributed by atoms with van der Waals surface area (Å²) in [5, 5.41) is 6.80. The number of nitrogens with zero attached hydrogens (tertiary/aromatic N) is 2. The molecule has 286 valence electrons. The van der Waals surface area contributed by atoms with E-state index in [9.17, 15) is 0 Å². The summed E-state index contributed by atoms with van der Waals surface area (Å²) in [6.45, 7) is 34.4. The van der Waals surface area contributed by atoms with Crippen LogP contribution in [0, 0.1) is 25.2 Å². The fourth-order valence-electron chi connectivity index (χ4n) is 6.52. The van der Waals surface area contributed by atoms with Crippen molar-refractivity contribution >= 4 is 16.5 Å². The quantitative estimate of drug-likeness (QED) is 0.105. The molecule has 1 unspecified atom stereocenters. The molecule has 5 heteroatoms. The summed E-state index contributed by atoms with van der Waals surface area (Å²) < 4.78 is 8.15. The van der Waals surface area contributed by atoms with Crippen LogP contribution in [0.4, 0.5) is 0 Å². The van der Waals surface area contributed by atoms with Gasteiger partial charge in [0.25, 0.3) is 0 Å². The number of allylic oxidation sites excluding steroid dienone is 5. The lowest BCUT2D eigenvalue weighted by atomic mass is 9.84. The second-order valence-electron chi connectivity index (χ2n) is 13.7. The first-order valence-electron chi connectivity index (χ1n) is 18.8. The standard InChI is InChI=1S/C36H48N2O.C5H12N2.C2H6.C2H4.C2H2/c1-11-14-15-28(12-2)35-33(23-36(7,8)24-39-10)32-22-29(16-17-34(32)38(35)25(4)5)30-19-26(6)18-27(20-30)21-31(13-3)37-9;1-7-5-3-2-4-6-7;3*1-2/h11-20,22,25,31,37H,1,3,21,23-24H2,2,4-10H3;6H,2-5H2,1H3;1-2H3;1-2H2;1-2H/b15-14-,28-12+;;;;. The SMILES string of the molecule is C#C.C=C.C=C/C=C\C(=C/C)c1c(CC(C)(C)COC)c2cc(-c3cc(C)cc(CC(C=C)NC)c3)ccc2n1C(C)C.CC.CN1CCCCN1. The first-order valence-corrected chi connectivity index (χ1v) is 18.8. The van der Waals surface area contributed by atoms with Gasteiger partial charge >= 0.3 is 0 Å². The Morgan fingerprint density at radius 3 is 2.21 bits per heavy atom. The molecule has 1 aliphatic rings. The van der Waals surface area contributed by atoms with E-state index in [2.05, 4.69) is 157 Å². The minimum Gasteiger partial charge on any atom is -0.384 e. The van der Waals surface area contributed by atoms with Gasteiger partial charge in [0.1, 0.15) is 0 Å². The van der Waals surface area contributed by atoms with Crippen LogP contribution >= 0.6 is 0 Å². The molecule has 1 atom stereocenters. The first-order chi connectivity index (χ1) is 25.0. The molecule has 1 fully saturated rings. The number of methoxy groups -OCH3 is 1. The highest BCUT2D eigenvalue weighted by Crippen LogP contribution is 2.40. The minimum absolute atomic E-state index is 0.0139. The van der Waals surface area contributed by atoms with E-state index in [1.54, 1.807) is 7.11 Å². The molecule has 0 radical (unpaired) electrons. The van der Waals surface area contributed by atoms with Gasteiger partial charge in [-0.1, -0.05) is 94.5 Å². The van der Waals surface area contributed by atoms with Gasteiger partial charge in [-0.3, -0.25) is 5.43 Å². The van der Waals surface area contributed by atoms with Gasteiger partial charge < -0.3 is 14.6 Å². The summed E-state index contributed by atoms with van der Waals surface area (Å²) in [4.78, 5) is 0. The van der Waals surface area contributed by atoms with Crippen LogP contribution < -0.4 is 10.7 Å². The molecule has 0 saturated carbocycles. The highest BCUT2D eigenvalue weighted by molar-refractivity contribution is 5.95. The Morgan fingerprint density at radius 1 is 1.06 bits per heavy atom. The molecule has 3 aromatic rings. The average Bonchev–Trinajstić information content (AvgIpc) is 3.46. The molecule has 1 saturated heterocycles. The zero-order chi connectivity index (χ0) is 39.9. The molecular weight excluding hydrogens is 637 g/mol. The molecule has 0 amide bonds.